The fourth-order valence-electron chi connectivity index (χ4n) is 2.19. The number of aromatic carboxylic acids is 1. The highest BCUT2D eigenvalue weighted by molar-refractivity contribution is 9.10. The van der Waals surface area contributed by atoms with E-state index in [1.54, 1.807) is 19.2 Å². The van der Waals surface area contributed by atoms with E-state index in [4.69, 9.17) is 26.2 Å². The van der Waals surface area contributed by atoms with E-state index in [2.05, 4.69) is 21.2 Å². The molecule has 0 radical (unpaired) electrons. The fourth-order valence-corrected chi connectivity index (χ4v) is 3.04. The van der Waals surface area contributed by atoms with Gasteiger partial charge in [-0.3, -0.25) is 0 Å². The van der Waals surface area contributed by atoms with Gasteiger partial charge in [-0.1, -0.05) is 11.6 Å². The van der Waals surface area contributed by atoms with E-state index in [-0.39, 0.29) is 10.6 Å². The lowest BCUT2D eigenvalue weighted by molar-refractivity contribution is 0.0697. The topological polar surface area (TPSA) is 67.8 Å². The van der Waals surface area contributed by atoms with Crippen molar-refractivity contribution in [2.24, 2.45) is 0 Å². The molecule has 5 nitrogen and oxygen atoms in total. The number of rotatable bonds is 7. The molecule has 2 rings (SSSR count). The second-order valence-electron chi connectivity index (χ2n) is 4.90. The van der Waals surface area contributed by atoms with Crippen molar-refractivity contribution in [2.45, 2.75) is 13.5 Å². The molecule has 2 aromatic rings. The predicted molar refractivity (Wildman–Crippen MR) is 97.6 cm³/mol. The van der Waals surface area contributed by atoms with E-state index < -0.39 is 5.97 Å². The van der Waals surface area contributed by atoms with Crippen molar-refractivity contribution in [2.75, 3.05) is 19.0 Å². The van der Waals surface area contributed by atoms with E-state index in [1.165, 1.54) is 6.07 Å². The molecule has 0 aliphatic heterocycles. The Morgan fingerprint density at radius 1 is 1.33 bits per heavy atom. The highest BCUT2D eigenvalue weighted by Crippen LogP contribution is 2.36. The smallest absolute Gasteiger partial charge is 0.337 e. The normalized spacial score (nSPS) is 10.3. The molecule has 0 aliphatic rings. The third kappa shape index (κ3) is 4.33. The molecule has 0 heterocycles. The Morgan fingerprint density at radius 3 is 2.71 bits per heavy atom. The van der Waals surface area contributed by atoms with Crippen LogP contribution in [0.5, 0.6) is 11.5 Å². The Hall–Kier alpha value is -1.92. The molecule has 0 saturated heterocycles. The highest BCUT2D eigenvalue weighted by atomic mass is 79.9. The second kappa shape index (κ2) is 8.26. The highest BCUT2D eigenvalue weighted by Gasteiger charge is 2.12. The molecular formula is C17H17BrClNO4. The summed E-state index contributed by atoms with van der Waals surface area (Å²) in [6.45, 7) is 2.92. The minimum atomic E-state index is -1.06. The summed E-state index contributed by atoms with van der Waals surface area (Å²) in [4.78, 5) is 11.1. The summed E-state index contributed by atoms with van der Waals surface area (Å²) < 4.78 is 11.7. The third-order valence-corrected chi connectivity index (χ3v) is 4.19. The Labute approximate surface area is 153 Å². The molecule has 128 valence electrons. The van der Waals surface area contributed by atoms with Gasteiger partial charge in [-0.15, -0.1) is 0 Å². The van der Waals surface area contributed by atoms with Gasteiger partial charge < -0.3 is 19.9 Å². The van der Waals surface area contributed by atoms with Crippen molar-refractivity contribution >= 4 is 39.2 Å². The van der Waals surface area contributed by atoms with Crippen molar-refractivity contribution in [1.29, 1.82) is 0 Å². The molecule has 2 N–H and O–H groups in total. The van der Waals surface area contributed by atoms with Gasteiger partial charge in [0.25, 0.3) is 0 Å². The van der Waals surface area contributed by atoms with Crippen LogP contribution in [0.1, 0.15) is 22.8 Å². The first-order valence-electron chi connectivity index (χ1n) is 7.22. The standard InChI is InChI=1S/C17H17BrClNO4/c1-3-24-15-7-10(6-13(18)16(15)23-2)9-20-11-4-5-14(19)12(8-11)17(21)22/h4-8,20H,3,9H2,1-2H3,(H,21,22). The molecule has 0 spiro atoms. The number of benzene rings is 2. The van der Waals surface area contributed by atoms with Crippen molar-refractivity contribution in [1.82, 2.24) is 0 Å². The van der Waals surface area contributed by atoms with Gasteiger partial charge in [-0.2, -0.15) is 0 Å². The van der Waals surface area contributed by atoms with Gasteiger partial charge in [0.1, 0.15) is 0 Å². The van der Waals surface area contributed by atoms with Gasteiger partial charge in [-0.05, 0) is 58.7 Å². The average Bonchev–Trinajstić information content (AvgIpc) is 2.54. The predicted octanol–water partition coefficient (Wildman–Crippen LogP) is 4.82. The summed E-state index contributed by atoms with van der Waals surface area (Å²) in [5.41, 5.74) is 1.69. The summed E-state index contributed by atoms with van der Waals surface area (Å²) in [7, 11) is 1.58. The van der Waals surface area contributed by atoms with Crippen LogP contribution < -0.4 is 14.8 Å². The van der Waals surface area contributed by atoms with Crippen LogP contribution in [0.25, 0.3) is 0 Å². The summed E-state index contributed by atoms with van der Waals surface area (Å²) in [6.07, 6.45) is 0. The molecule has 0 aromatic heterocycles. The largest absolute Gasteiger partial charge is 0.492 e. The molecule has 0 unspecified atom stereocenters. The second-order valence-corrected chi connectivity index (χ2v) is 6.16. The first-order valence-corrected chi connectivity index (χ1v) is 8.39. The number of carbonyl (C=O) groups is 1. The zero-order chi connectivity index (χ0) is 17.7. The zero-order valence-corrected chi connectivity index (χ0v) is 15.6. The van der Waals surface area contributed by atoms with Crippen LogP contribution >= 0.6 is 27.5 Å². The van der Waals surface area contributed by atoms with Gasteiger partial charge in [0, 0.05) is 12.2 Å². The first kappa shape index (κ1) is 18.4. The average molecular weight is 415 g/mol. The summed E-state index contributed by atoms with van der Waals surface area (Å²) >= 11 is 9.34. The molecule has 0 atom stereocenters. The van der Waals surface area contributed by atoms with Gasteiger partial charge in [-0.25, -0.2) is 4.79 Å². The van der Waals surface area contributed by atoms with E-state index >= 15 is 0 Å². The lowest BCUT2D eigenvalue weighted by Gasteiger charge is -2.14. The van der Waals surface area contributed by atoms with Crippen LogP contribution in [-0.2, 0) is 6.54 Å². The molecule has 0 bridgehead atoms. The van der Waals surface area contributed by atoms with E-state index in [1.807, 2.05) is 19.1 Å². The molecular weight excluding hydrogens is 398 g/mol. The monoisotopic (exact) mass is 413 g/mol. The number of carboxylic acid groups (broad SMARTS) is 1. The molecule has 0 amide bonds. The quantitative estimate of drug-likeness (QED) is 0.680. The van der Waals surface area contributed by atoms with Crippen molar-refractivity contribution < 1.29 is 19.4 Å². The van der Waals surface area contributed by atoms with E-state index in [0.717, 1.165) is 10.0 Å². The maximum absolute atomic E-state index is 11.1. The summed E-state index contributed by atoms with van der Waals surface area (Å²) in [5, 5.41) is 12.5. The van der Waals surface area contributed by atoms with Gasteiger partial charge in [0.15, 0.2) is 11.5 Å². The van der Waals surface area contributed by atoms with Crippen LogP contribution in [0.15, 0.2) is 34.8 Å². The molecule has 0 aliphatic carbocycles. The van der Waals surface area contributed by atoms with Gasteiger partial charge in [0.2, 0.25) is 0 Å². The number of carboxylic acids is 1. The van der Waals surface area contributed by atoms with Crippen LogP contribution in [0.3, 0.4) is 0 Å². The molecule has 2 aromatic carbocycles. The number of ether oxygens (including phenoxy) is 2. The van der Waals surface area contributed by atoms with Gasteiger partial charge >= 0.3 is 5.97 Å². The Bertz CT molecular complexity index is 752. The van der Waals surface area contributed by atoms with Gasteiger partial charge in [0.05, 0.1) is 28.8 Å². The Kier molecular flexibility index (Phi) is 6.34. The van der Waals surface area contributed by atoms with Crippen molar-refractivity contribution in [3.8, 4) is 11.5 Å². The third-order valence-electron chi connectivity index (χ3n) is 3.27. The Balaban J connectivity index is 2.20. The maximum atomic E-state index is 11.1. The number of nitrogens with one attached hydrogen (secondary N) is 1. The lowest BCUT2D eigenvalue weighted by atomic mass is 10.1. The molecule has 0 saturated carbocycles. The molecule has 0 fully saturated rings. The number of anilines is 1. The number of hydrogen-bond donors (Lipinski definition) is 2. The van der Waals surface area contributed by atoms with E-state index in [0.29, 0.717) is 30.3 Å². The number of hydrogen-bond acceptors (Lipinski definition) is 4. The maximum Gasteiger partial charge on any atom is 0.337 e. The van der Waals surface area contributed by atoms with Crippen LogP contribution in [0, 0.1) is 0 Å². The summed E-state index contributed by atoms with van der Waals surface area (Å²) in [5.74, 6) is 0.225. The van der Waals surface area contributed by atoms with Crippen LogP contribution in [-0.4, -0.2) is 24.8 Å². The van der Waals surface area contributed by atoms with Crippen molar-refractivity contribution in [3.05, 3.63) is 51.0 Å². The molecule has 7 heteroatoms. The minimum Gasteiger partial charge on any atom is -0.492 e. The number of halogens is 2. The summed E-state index contributed by atoms with van der Waals surface area (Å²) in [6, 6.07) is 8.60. The fraction of sp³-hybridized carbons (Fsp3) is 0.235. The number of methoxy groups -OCH3 is 1. The van der Waals surface area contributed by atoms with E-state index in [9.17, 15) is 4.79 Å². The minimum absolute atomic E-state index is 0.0626. The van der Waals surface area contributed by atoms with Crippen molar-refractivity contribution in [3.63, 3.8) is 0 Å². The first-order chi connectivity index (χ1) is 11.5. The lowest BCUT2D eigenvalue weighted by Crippen LogP contribution is -2.04. The Morgan fingerprint density at radius 2 is 2.08 bits per heavy atom. The SMILES string of the molecule is CCOc1cc(CNc2ccc(Cl)c(C(=O)O)c2)cc(Br)c1OC. The van der Waals surface area contributed by atoms with Crippen LogP contribution in [0.2, 0.25) is 5.02 Å². The molecule has 24 heavy (non-hydrogen) atoms. The van der Waals surface area contributed by atoms with Crippen LogP contribution in [0.4, 0.5) is 5.69 Å². The zero-order valence-electron chi connectivity index (χ0n) is 13.2.